The van der Waals surface area contributed by atoms with E-state index < -0.39 is 11.9 Å². The van der Waals surface area contributed by atoms with Crippen molar-refractivity contribution >= 4 is 22.7 Å². The third-order valence-corrected chi connectivity index (χ3v) is 4.30. The number of nitrogens with zero attached hydrogens (tertiary/aromatic N) is 6. The topological polar surface area (TPSA) is 58.0 Å². The van der Waals surface area contributed by atoms with E-state index in [0.717, 1.165) is 22.9 Å². The van der Waals surface area contributed by atoms with E-state index in [1.54, 1.807) is 6.20 Å². The molecule has 0 spiro atoms. The van der Waals surface area contributed by atoms with Gasteiger partial charge in [-0.1, -0.05) is 12.1 Å². The summed E-state index contributed by atoms with van der Waals surface area (Å²) in [5, 5.41) is 7.00. The second-order valence-electron chi connectivity index (χ2n) is 5.97. The lowest BCUT2D eigenvalue weighted by Crippen LogP contribution is -2.47. The van der Waals surface area contributed by atoms with E-state index in [1.807, 2.05) is 29.2 Å². The zero-order valence-corrected chi connectivity index (χ0v) is 13.7. The normalized spacial score (nSPS) is 15.5. The van der Waals surface area contributed by atoms with Crippen molar-refractivity contribution in [2.45, 2.75) is 6.18 Å². The van der Waals surface area contributed by atoms with Gasteiger partial charge in [0.25, 0.3) is 0 Å². The van der Waals surface area contributed by atoms with Crippen molar-refractivity contribution in [3.8, 4) is 0 Å². The maximum Gasteiger partial charge on any atom is 0.435 e. The van der Waals surface area contributed by atoms with Crippen LogP contribution >= 0.6 is 0 Å². The van der Waals surface area contributed by atoms with Crippen LogP contribution in [0.25, 0.3) is 11.0 Å². The Morgan fingerprint density at radius 3 is 2.04 bits per heavy atom. The molecule has 4 rings (SSSR count). The van der Waals surface area contributed by atoms with Crippen LogP contribution in [0.5, 0.6) is 0 Å². The molecule has 0 saturated carbocycles. The Labute approximate surface area is 147 Å². The van der Waals surface area contributed by atoms with Crippen LogP contribution in [0.15, 0.2) is 42.6 Å². The molecule has 3 heterocycles. The highest BCUT2D eigenvalue weighted by atomic mass is 19.4. The van der Waals surface area contributed by atoms with Crippen molar-refractivity contribution in [3.05, 3.63) is 48.3 Å². The molecule has 0 aliphatic carbocycles. The van der Waals surface area contributed by atoms with Gasteiger partial charge >= 0.3 is 6.18 Å². The van der Waals surface area contributed by atoms with Crippen molar-refractivity contribution in [1.82, 2.24) is 20.2 Å². The molecular weight excluding hydrogens is 345 g/mol. The van der Waals surface area contributed by atoms with Crippen LogP contribution < -0.4 is 9.80 Å². The van der Waals surface area contributed by atoms with E-state index in [0.29, 0.717) is 32.0 Å². The number of alkyl halides is 3. The fourth-order valence-electron chi connectivity index (χ4n) is 2.91. The molecule has 0 radical (unpaired) electrons. The largest absolute Gasteiger partial charge is 0.435 e. The fourth-order valence-corrected chi connectivity index (χ4v) is 2.91. The average Bonchev–Trinajstić information content (AvgIpc) is 2.67. The lowest BCUT2D eigenvalue weighted by molar-refractivity contribution is -0.141. The minimum absolute atomic E-state index is 0.447. The van der Waals surface area contributed by atoms with Gasteiger partial charge < -0.3 is 9.80 Å². The maximum absolute atomic E-state index is 12.6. The number of hydrogen-bond acceptors (Lipinski definition) is 6. The molecule has 1 aliphatic rings. The van der Waals surface area contributed by atoms with Crippen LogP contribution in [0.3, 0.4) is 0 Å². The first-order chi connectivity index (χ1) is 12.5. The number of anilines is 2. The van der Waals surface area contributed by atoms with Gasteiger partial charge in [0.2, 0.25) is 0 Å². The summed E-state index contributed by atoms with van der Waals surface area (Å²) in [5.41, 5.74) is 0.697. The van der Waals surface area contributed by atoms with Crippen molar-refractivity contribution in [3.63, 3.8) is 0 Å². The predicted octanol–water partition coefficient (Wildman–Crippen LogP) is 2.77. The van der Waals surface area contributed by atoms with Gasteiger partial charge in [-0.25, -0.2) is 4.98 Å². The Balaban J connectivity index is 1.45. The molecule has 0 bridgehead atoms. The Morgan fingerprint density at radius 2 is 1.42 bits per heavy atom. The SMILES string of the molecule is FC(F)(F)c1ccc(N2CCN(c3cnc4ccccc4n3)CC2)nn1. The standard InChI is InChI=1S/C17H15F3N6/c18-17(19,20)14-5-6-15(24-23-14)25-7-9-26(10-8-25)16-11-21-12-3-1-2-4-13(12)22-16/h1-6,11H,7-10H2. The summed E-state index contributed by atoms with van der Waals surface area (Å²) in [6.07, 6.45) is -2.73. The van der Waals surface area contributed by atoms with E-state index in [-0.39, 0.29) is 0 Å². The highest BCUT2D eigenvalue weighted by Gasteiger charge is 2.33. The first-order valence-corrected chi connectivity index (χ1v) is 8.13. The zero-order chi connectivity index (χ0) is 18.1. The molecule has 9 heteroatoms. The smallest absolute Gasteiger partial charge is 0.352 e. The lowest BCUT2D eigenvalue weighted by atomic mass is 10.3. The van der Waals surface area contributed by atoms with E-state index in [1.165, 1.54) is 6.07 Å². The zero-order valence-electron chi connectivity index (χ0n) is 13.7. The molecular formula is C17H15F3N6. The molecule has 134 valence electrons. The van der Waals surface area contributed by atoms with Crippen LogP contribution in [0.1, 0.15) is 5.69 Å². The van der Waals surface area contributed by atoms with Gasteiger partial charge in [0.1, 0.15) is 5.82 Å². The molecule has 0 N–H and O–H groups in total. The highest BCUT2D eigenvalue weighted by molar-refractivity contribution is 5.75. The monoisotopic (exact) mass is 360 g/mol. The molecule has 0 unspecified atom stereocenters. The molecule has 1 fully saturated rings. The van der Waals surface area contributed by atoms with Crippen LogP contribution in [-0.2, 0) is 6.18 Å². The third-order valence-electron chi connectivity index (χ3n) is 4.30. The first kappa shape index (κ1) is 16.5. The van der Waals surface area contributed by atoms with E-state index in [9.17, 15) is 13.2 Å². The summed E-state index contributed by atoms with van der Waals surface area (Å²) in [6, 6.07) is 9.99. The third kappa shape index (κ3) is 3.24. The molecule has 1 saturated heterocycles. The molecule has 3 aromatic rings. The number of piperazine rings is 1. The van der Waals surface area contributed by atoms with Crippen molar-refractivity contribution in [2.75, 3.05) is 36.0 Å². The van der Waals surface area contributed by atoms with Crippen LogP contribution in [0.2, 0.25) is 0 Å². The summed E-state index contributed by atoms with van der Waals surface area (Å²) in [4.78, 5) is 13.1. The van der Waals surface area contributed by atoms with Crippen molar-refractivity contribution < 1.29 is 13.2 Å². The summed E-state index contributed by atoms with van der Waals surface area (Å²) < 4.78 is 37.7. The van der Waals surface area contributed by atoms with Gasteiger partial charge in [-0.2, -0.15) is 13.2 Å². The number of hydrogen-bond donors (Lipinski definition) is 0. The van der Waals surface area contributed by atoms with E-state index in [4.69, 9.17) is 0 Å². The minimum Gasteiger partial charge on any atom is -0.352 e. The molecule has 2 aromatic heterocycles. The summed E-state index contributed by atoms with van der Waals surface area (Å²) >= 11 is 0. The van der Waals surface area contributed by atoms with Crippen LogP contribution in [-0.4, -0.2) is 46.3 Å². The lowest BCUT2D eigenvalue weighted by Gasteiger charge is -2.35. The summed E-state index contributed by atoms with van der Waals surface area (Å²) in [5.74, 6) is 1.24. The second-order valence-corrected chi connectivity index (χ2v) is 5.97. The number of benzene rings is 1. The molecule has 0 amide bonds. The number of rotatable bonds is 2. The Morgan fingerprint density at radius 1 is 0.769 bits per heavy atom. The van der Waals surface area contributed by atoms with Gasteiger partial charge in [0.05, 0.1) is 17.2 Å². The highest BCUT2D eigenvalue weighted by Crippen LogP contribution is 2.28. The van der Waals surface area contributed by atoms with Gasteiger partial charge in [-0.3, -0.25) is 4.98 Å². The van der Waals surface area contributed by atoms with E-state index >= 15 is 0 Å². The van der Waals surface area contributed by atoms with Gasteiger partial charge in [-0.05, 0) is 24.3 Å². The number of aromatic nitrogens is 4. The Kier molecular flexibility index (Phi) is 4.06. The predicted molar refractivity (Wildman–Crippen MR) is 91.0 cm³/mol. The summed E-state index contributed by atoms with van der Waals surface area (Å²) in [7, 11) is 0. The molecule has 1 aromatic carbocycles. The minimum atomic E-state index is -4.47. The number of halogens is 3. The van der Waals surface area contributed by atoms with Gasteiger partial charge in [-0.15, -0.1) is 10.2 Å². The quantitative estimate of drug-likeness (QED) is 0.700. The van der Waals surface area contributed by atoms with E-state index in [2.05, 4.69) is 25.1 Å². The molecule has 1 aliphatic heterocycles. The molecule has 6 nitrogen and oxygen atoms in total. The Bertz CT molecular complexity index is 904. The summed E-state index contributed by atoms with van der Waals surface area (Å²) in [6.45, 7) is 2.59. The Hall–Kier alpha value is -2.97. The first-order valence-electron chi connectivity index (χ1n) is 8.13. The van der Waals surface area contributed by atoms with Crippen molar-refractivity contribution in [1.29, 1.82) is 0 Å². The van der Waals surface area contributed by atoms with Crippen molar-refractivity contribution in [2.24, 2.45) is 0 Å². The average molecular weight is 360 g/mol. The van der Waals surface area contributed by atoms with Crippen LogP contribution in [0.4, 0.5) is 24.8 Å². The number of fused-ring (bicyclic) bond motifs is 1. The fraction of sp³-hybridized carbons (Fsp3) is 0.294. The maximum atomic E-state index is 12.6. The molecule has 26 heavy (non-hydrogen) atoms. The molecule has 0 atom stereocenters. The van der Waals surface area contributed by atoms with Gasteiger partial charge in [0, 0.05) is 26.2 Å². The second kappa shape index (κ2) is 6.40. The van der Waals surface area contributed by atoms with Crippen LogP contribution in [0, 0.1) is 0 Å². The van der Waals surface area contributed by atoms with Gasteiger partial charge in [0.15, 0.2) is 11.5 Å². The number of para-hydroxylation sites is 2.